The summed E-state index contributed by atoms with van der Waals surface area (Å²) in [6.45, 7) is 1.76. The highest BCUT2D eigenvalue weighted by Crippen LogP contribution is 2.28. The molecule has 0 bridgehead atoms. The number of hydrogen-bond acceptors (Lipinski definition) is 5. The van der Waals surface area contributed by atoms with Crippen LogP contribution in [-0.4, -0.2) is 4.92 Å². The van der Waals surface area contributed by atoms with Gasteiger partial charge in [-0.2, -0.15) is 10.5 Å². The lowest BCUT2D eigenvalue weighted by molar-refractivity contribution is -0.384. The lowest BCUT2D eigenvalue weighted by Gasteiger charge is -2.20. The predicted octanol–water partition coefficient (Wildman–Crippen LogP) is 2.62. The normalized spacial score (nSPS) is 14.3. The van der Waals surface area contributed by atoms with Crippen LogP contribution in [0.25, 0.3) is 5.70 Å². The van der Waals surface area contributed by atoms with Crippen LogP contribution < -0.4 is 5.32 Å². The Labute approximate surface area is 115 Å². The zero-order valence-electron chi connectivity index (χ0n) is 10.7. The fourth-order valence-corrected chi connectivity index (χ4v) is 1.95. The molecule has 1 aromatic carbocycles. The second-order valence-electron chi connectivity index (χ2n) is 4.29. The summed E-state index contributed by atoms with van der Waals surface area (Å²) in [6.07, 6.45) is 0.276. The Morgan fingerprint density at radius 2 is 1.80 bits per heavy atom. The third-order valence-corrected chi connectivity index (χ3v) is 3.06. The molecule has 0 amide bonds. The van der Waals surface area contributed by atoms with Crippen molar-refractivity contribution in [2.45, 2.75) is 13.3 Å². The molecule has 0 saturated carbocycles. The summed E-state index contributed by atoms with van der Waals surface area (Å²) in [6, 6.07) is 10.1. The van der Waals surface area contributed by atoms with Crippen molar-refractivity contribution >= 4 is 11.4 Å². The van der Waals surface area contributed by atoms with Crippen LogP contribution in [0.5, 0.6) is 0 Å². The van der Waals surface area contributed by atoms with Gasteiger partial charge in [-0.3, -0.25) is 10.1 Å². The molecule has 1 heterocycles. The standard InChI is InChI=1S/C14H10N4O2/c1-9-11(7-15)6-12(8-16)14(17-9)10-2-4-13(5-3-10)18(19)20/h2-5,17H,6H2,1H3. The molecule has 0 saturated heterocycles. The van der Waals surface area contributed by atoms with E-state index in [1.807, 2.05) is 0 Å². The van der Waals surface area contributed by atoms with Gasteiger partial charge in [0, 0.05) is 24.3 Å². The lowest BCUT2D eigenvalue weighted by Crippen LogP contribution is -2.18. The Balaban J connectivity index is 2.41. The third kappa shape index (κ3) is 2.36. The topological polar surface area (TPSA) is 103 Å². The van der Waals surface area contributed by atoms with Crippen molar-refractivity contribution in [3.05, 3.63) is 56.8 Å². The van der Waals surface area contributed by atoms with E-state index in [1.165, 1.54) is 12.1 Å². The Kier molecular flexibility index (Phi) is 3.49. The van der Waals surface area contributed by atoms with Gasteiger partial charge in [0.1, 0.15) is 0 Å². The van der Waals surface area contributed by atoms with E-state index < -0.39 is 4.92 Å². The van der Waals surface area contributed by atoms with Crippen molar-refractivity contribution in [2.75, 3.05) is 0 Å². The Morgan fingerprint density at radius 3 is 2.30 bits per heavy atom. The average molecular weight is 266 g/mol. The molecule has 1 aromatic rings. The molecule has 1 aliphatic rings. The molecule has 0 fully saturated rings. The van der Waals surface area contributed by atoms with E-state index in [1.54, 1.807) is 19.1 Å². The number of nitro benzene ring substituents is 1. The summed E-state index contributed by atoms with van der Waals surface area (Å²) in [5.41, 5.74) is 2.93. The van der Waals surface area contributed by atoms with Crippen LogP contribution in [0.2, 0.25) is 0 Å². The predicted molar refractivity (Wildman–Crippen MR) is 71.7 cm³/mol. The summed E-state index contributed by atoms with van der Waals surface area (Å²) >= 11 is 0. The number of benzene rings is 1. The summed E-state index contributed by atoms with van der Waals surface area (Å²) < 4.78 is 0. The molecule has 1 N–H and O–H groups in total. The summed E-state index contributed by atoms with van der Waals surface area (Å²) in [5, 5.41) is 31.8. The van der Waals surface area contributed by atoms with Gasteiger partial charge in [0.15, 0.2) is 0 Å². The van der Waals surface area contributed by atoms with Gasteiger partial charge in [-0.1, -0.05) is 0 Å². The molecule has 1 aliphatic heterocycles. The van der Waals surface area contributed by atoms with Gasteiger partial charge in [0.25, 0.3) is 5.69 Å². The number of non-ortho nitro benzene ring substituents is 1. The van der Waals surface area contributed by atoms with Crippen LogP contribution in [0.4, 0.5) is 5.69 Å². The van der Waals surface area contributed by atoms with Gasteiger partial charge in [-0.25, -0.2) is 0 Å². The molecule has 2 rings (SSSR count). The van der Waals surface area contributed by atoms with Crippen LogP contribution in [0, 0.1) is 32.8 Å². The molecule has 98 valence electrons. The molecule has 0 atom stereocenters. The molecular weight excluding hydrogens is 256 g/mol. The molecule has 0 spiro atoms. The minimum absolute atomic E-state index is 0.00588. The minimum Gasteiger partial charge on any atom is -0.357 e. The van der Waals surface area contributed by atoms with Crippen LogP contribution in [0.1, 0.15) is 18.9 Å². The zero-order valence-corrected chi connectivity index (χ0v) is 10.7. The van der Waals surface area contributed by atoms with Gasteiger partial charge < -0.3 is 5.32 Å². The summed E-state index contributed by atoms with van der Waals surface area (Å²) in [7, 11) is 0. The monoisotopic (exact) mass is 266 g/mol. The van der Waals surface area contributed by atoms with Gasteiger partial charge in [0.2, 0.25) is 0 Å². The first kappa shape index (κ1) is 13.3. The van der Waals surface area contributed by atoms with Gasteiger partial charge in [0.05, 0.1) is 33.9 Å². The molecule has 6 nitrogen and oxygen atoms in total. The van der Waals surface area contributed by atoms with E-state index in [4.69, 9.17) is 5.26 Å². The molecule has 0 radical (unpaired) electrons. The van der Waals surface area contributed by atoms with Crippen LogP contribution in [0.15, 0.2) is 41.1 Å². The van der Waals surface area contributed by atoms with Crippen LogP contribution in [0.3, 0.4) is 0 Å². The van der Waals surface area contributed by atoms with Crippen molar-refractivity contribution < 1.29 is 4.92 Å². The SMILES string of the molecule is CC1=C(C#N)CC(C#N)=C(c2ccc([N+](=O)[O-])cc2)N1. The second kappa shape index (κ2) is 5.25. The zero-order chi connectivity index (χ0) is 14.7. The molecule has 20 heavy (non-hydrogen) atoms. The Morgan fingerprint density at radius 1 is 1.20 bits per heavy atom. The van der Waals surface area contributed by atoms with Crippen molar-refractivity contribution in [3.8, 4) is 12.1 Å². The number of nitrogens with one attached hydrogen (secondary N) is 1. The quantitative estimate of drug-likeness (QED) is 0.654. The van der Waals surface area contributed by atoms with E-state index in [0.29, 0.717) is 28.1 Å². The van der Waals surface area contributed by atoms with Gasteiger partial charge in [-0.05, 0) is 24.6 Å². The van der Waals surface area contributed by atoms with E-state index in [9.17, 15) is 15.4 Å². The fourth-order valence-electron chi connectivity index (χ4n) is 1.95. The highest BCUT2D eigenvalue weighted by Gasteiger charge is 2.19. The highest BCUT2D eigenvalue weighted by molar-refractivity contribution is 5.74. The average Bonchev–Trinajstić information content (AvgIpc) is 2.47. The summed E-state index contributed by atoms with van der Waals surface area (Å²) in [5.74, 6) is 0. The molecule has 0 aliphatic carbocycles. The van der Waals surface area contributed by atoms with Gasteiger partial charge in [-0.15, -0.1) is 0 Å². The first-order chi connectivity index (χ1) is 9.56. The van der Waals surface area contributed by atoms with E-state index in [2.05, 4.69) is 17.5 Å². The third-order valence-electron chi connectivity index (χ3n) is 3.06. The van der Waals surface area contributed by atoms with E-state index in [-0.39, 0.29) is 12.1 Å². The number of hydrogen-bond donors (Lipinski definition) is 1. The number of allylic oxidation sites excluding steroid dienone is 3. The maximum absolute atomic E-state index is 10.6. The fraction of sp³-hybridized carbons (Fsp3) is 0.143. The van der Waals surface area contributed by atoms with Crippen LogP contribution in [-0.2, 0) is 0 Å². The largest absolute Gasteiger partial charge is 0.357 e. The number of nitrogens with zero attached hydrogens (tertiary/aromatic N) is 3. The maximum atomic E-state index is 10.6. The first-order valence-corrected chi connectivity index (χ1v) is 5.81. The van der Waals surface area contributed by atoms with E-state index >= 15 is 0 Å². The molecular formula is C14H10N4O2. The second-order valence-corrected chi connectivity index (χ2v) is 4.29. The van der Waals surface area contributed by atoms with Crippen molar-refractivity contribution in [1.82, 2.24) is 5.32 Å². The Hall–Kier alpha value is -3.12. The van der Waals surface area contributed by atoms with Crippen molar-refractivity contribution in [3.63, 3.8) is 0 Å². The first-order valence-electron chi connectivity index (χ1n) is 5.81. The molecule has 0 aromatic heterocycles. The Bertz CT molecular complexity index is 715. The highest BCUT2D eigenvalue weighted by atomic mass is 16.6. The van der Waals surface area contributed by atoms with Crippen LogP contribution >= 0.6 is 0 Å². The van der Waals surface area contributed by atoms with Crippen molar-refractivity contribution in [2.24, 2.45) is 0 Å². The smallest absolute Gasteiger partial charge is 0.269 e. The maximum Gasteiger partial charge on any atom is 0.269 e. The molecule has 6 heteroatoms. The number of dihydropyridines is 1. The lowest BCUT2D eigenvalue weighted by atomic mass is 9.96. The number of rotatable bonds is 2. The minimum atomic E-state index is -0.476. The number of nitro groups is 1. The van der Waals surface area contributed by atoms with Crippen molar-refractivity contribution in [1.29, 1.82) is 10.5 Å². The van der Waals surface area contributed by atoms with E-state index in [0.717, 1.165) is 0 Å². The van der Waals surface area contributed by atoms with Gasteiger partial charge >= 0.3 is 0 Å². The molecule has 0 unspecified atom stereocenters. The summed E-state index contributed by atoms with van der Waals surface area (Å²) in [4.78, 5) is 10.1. The number of nitriles is 2.